The van der Waals surface area contributed by atoms with Gasteiger partial charge in [-0.1, -0.05) is 24.1 Å². The van der Waals surface area contributed by atoms with E-state index in [-0.39, 0.29) is 0 Å². The maximum atomic E-state index is 6.07. The van der Waals surface area contributed by atoms with Crippen LogP contribution in [0, 0.1) is 0 Å². The maximum Gasteiger partial charge on any atom is 0.226 e. The number of aromatic nitrogens is 1. The highest BCUT2D eigenvalue weighted by Crippen LogP contribution is 2.25. The summed E-state index contributed by atoms with van der Waals surface area (Å²) in [5.74, 6) is 0.657. The molecule has 1 unspecified atom stereocenters. The summed E-state index contributed by atoms with van der Waals surface area (Å²) in [6.45, 7) is 5.79. The summed E-state index contributed by atoms with van der Waals surface area (Å²) in [5.41, 5.74) is 1.95. The molecular formula is C20H26ClN3O. The number of rotatable bonds is 5. The Bertz CT molecular complexity index is 696. The Morgan fingerprint density at radius 2 is 2.00 bits per heavy atom. The summed E-state index contributed by atoms with van der Waals surface area (Å²) >= 11 is 6.07. The van der Waals surface area contributed by atoms with Crippen LogP contribution in [0.15, 0.2) is 34.9 Å². The van der Waals surface area contributed by atoms with Crippen molar-refractivity contribution >= 4 is 11.6 Å². The summed E-state index contributed by atoms with van der Waals surface area (Å²) < 4.78 is 5.69. The molecule has 0 spiro atoms. The Morgan fingerprint density at radius 3 is 2.84 bits per heavy atom. The minimum Gasteiger partial charge on any atom is -0.444 e. The van der Waals surface area contributed by atoms with Gasteiger partial charge in [0.25, 0.3) is 0 Å². The number of oxazole rings is 1. The molecule has 0 aliphatic carbocycles. The fraction of sp³-hybridized carbons (Fsp3) is 0.550. The standard InChI is InChI=1S/C20H26ClN3O/c21-17-7-4-6-16(12-17)20-22-18(15-25-20)13-24-11-5-8-19(24)14-23-9-2-1-3-10-23/h4,6-7,12,15,19H,1-3,5,8-11,13-14H2. The highest BCUT2D eigenvalue weighted by Gasteiger charge is 2.27. The molecule has 5 heteroatoms. The first kappa shape index (κ1) is 17.1. The van der Waals surface area contributed by atoms with Gasteiger partial charge in [0.1, 0.15) is 6.26 Å². The maximum absolute atomic E-state index is 6.07. The van der Waals surface area contributed by atoms with Crippen molar-refractivity contribution in [3.8, 4) is 11.5 Å². The van der Waals surface area contributed by atoms with Gasteiger partial charge in [-0.05, 0) is 63.5 Å². The lowest BCUT2D eigenvalue weighted by molar-refractivity contribution is 0.148. The van der Waals surface area contributed by atoms with Gasteiger partial charge in [0.05, 0.1) is 5.69 Å². The van der Waals surface area contributed by atoms with E-state index in [0.717, 1.165) is 24.3 Å². The van der Waals surface area contributed by atoms with Crippen molar-refractivity contribution < 1.29 is 4.42 Å². The molecule has 2 aliphatic heterocycles. The van der Waals surface area contributed by atoms with Gasteiger partial charge in [-0.25, -0.2) is 4.98 Å². The van der Waals surface area contributed by atoms with Gasteiger partial charge < -0.3 is 9.32 Å². The number of nitrogens with zero attached hydrogens (tertiary/aromatic N) is 3. The highest BCUT2D eigenvalue weighted by molar-refractivity contribution is 6.30. The molecular weight excluding hydrogens is 334 g/mol. The molecule has 0 radical (unpaired) electrons. The van der Waals surface area contributed by atoms with Crippen molar-refractivity contribution in [1.82, 2.24) is 14.8 Å². The topological polar surface area (TPSA) is 32.5 Å². The normalized spacial score (nSPS) is 22.5. The predicted octanol–water partition coefficient (Wildman–Crippen LogP) is 4.45. The minimum atomic E-state index is 0.657. The lowest BCUT2D eigenvalue weighted by Crippen LogP contribution is -2.42. The van der Waals surface area contributed by atoms with Gasteiger partial charge in [-0.2, -0.15) is 0 Å². The molecule has 2 aromatic rings. The third-order valence-electron chi connectivity index (χ3n) is 5.41. The quantitative estimate of drug-likeness (QED) is 0.789. The smallest absolute Gasteiger partial charge is 0.226 e. The third-order valence-corrected chi connectivity index (χ3v) is 5.64. The van der Waals surface area contributed by atoms with Gasteiger partial charge in [-0.15, -0.1) is 0 Å². The van der Waals surface area contributed by atoms with E-state index in [9.17, 15) is 0 Å². The predicted molar refractivity (Wildman–Crippen MR) is 101 cm³/mol. The summed E-state index contributed by atoms with van der Waals surface area (Å²) in [5, 5.41) is 0.707. The van der Waals surface area contributed by atoms with Gasteiger partial charge in [0, 0.05) is 29.7 Å². The van der Waals surface area contributed by atoms with Gasteiger partial charge >= 0.3 is 0 Å². The molecule has 1 aromatic carbocycles. The lowest BCUT2D eigenvalue weighted by Gasteiger charge is -2.32. The zero-order chi connectivity index (χ0) is 17.1. The average Bonchev–Trinajstić information content (AvgIpc) is 3.26. The lowest BCUT2D eigenvalue weighted by atomic mass is 10.1. The Labute approximate surface area is 154 Å². The van der Waals surface area contributed by atoms with E-state index >= 15 is 0 Å². The summed E-state index contributed by atoms with van der Waals surface area (Å²) in [7, 11) is 0. The van der Waals surface area contributed by atoms with Gasteiger partial charge in [0.15, 0.2) is 0 Å². The van der Waals surface area contributed by atoms with Crippen LogP contribution in [-0.4, -0.2) is 47.0 Å². The van der Waals surface area contributed by atoms with Gasteiger partial charge in [-0.3, -0.25) is 4.90 Å². The second kappa shape index (κ2) is 7.90. The van der Waals surface area contributed by atoms with E-state index in [1.54, 1.807) is 6.26 Å². The van der Waals surface area contributed by atoms with Crippen molar-refractivity contribution in [2.24, 2.45) is 0 Å². The Hall–Kier alpha value is -1.36. The number of hydrogen-bond donors (Lipinski definition) is 0. The fourth-order valence-corrected chi connectivity index (χ4v) is 4.28. The highest BCUT2D eigenvalue weighted by atomic mass is 35.5. The molecule has 25 heavy (non-hydrogen) atoms. The molecule has 2 aliphatic rings. The minimum absolute atomic E-state index is 0.657. The van der Waals surface area contributed by atoms with Crippen molar-refractivity contribution in [2.45, 2.75) is 44.7 Å². The van der Waals surface area contributed by atoms with Crippen LogP contribution in [-0.2, 0) is 6.54 Å². The molecule has 4 nitrogen and oxygen atoms in total. The molecule has 1 atom stereocenters. The SMILES string of the molecule is Clc1cccc(-c2nc(CN3CCCC3CN3CCCCC3)co2)c1. The van der Waals surface area contributed by atoms with E-state index in [1.807, 2.05) is 24.3 Å². The summed E-state index contributed by atoms with van der Waals surface area (Å²) in [4.78, 5) is 9.91. The Morgan fingerprint density at radius 1 is 1.12 bits per heavy atom. The van der Waals surface area contributed by atoms with E-state index in [4.69, 9.17) is 16.0 Å². The van der Waals surface area contributed by atoms with E-state index in [1.165, 1.54) is 51.7 Å². The summed E-state index contributed by atoms with van der Waals surface area (Å²) in [6.07, 6.45) is 8.51. The molecule has 0 saturated carbocycles. The molecule has 2 saturated heterocycles. The Balaban J connectivity index is 1.39. The van der Waals surface area contributed by atoms with Crippen LogP contribution in [0.5, 0.6) is 0 Å². The van der Waals surface area contributed by atoms with Crippen LogP contribution in [0.2, 0.25) is 5.02 Å². The first-order valence-corrected chi connectivity index (χ1v) is 9.82. The largest absolute Gasteiger partial charge is 0.444 e. The van der Waals surface area contributed by atoms with Crippen LogP contribution >= 0.6 is 11.6 Å². The first-order chi connectivity index (χ1) is 12.3. The van der Waals surface area contributed by atoms with Crippen molar-refractivity contribution in [1.29, 1.82) is 0 Å². The molecule has 134 valence electrons. The number of benzene rings is 1. The molecule has 4 rings (SSSR count). The second-order valence-corrected chi connectivity index (χ2v) is 7.72. The van der Waals surface area contributed by atoms with Crippen molar-refractivity contribution in [3.63, 3.8) is 0 Å². The van der Waals surface area contributed by atoms with Crippen LogP contribution in [0.3, 0.4) is 0 Å². The number of hydrogen-bond acceptors (Lipinski definition) is 4. The average molecular weight is 360 g/mol. The Kier molecular flexibility index (Phi) is 5.39. The monoisotopic (exact) mass is 359 g/mol. The molecule has 0 N–H and O–H groups in total. The second-order valence-electron chi connectivity index (χ2n) is 7.28. The van der Waals surface area contributed by atoms with Crippen LogP contribution in [0.1, 0.15) is 37.8 Å². The molecule has 3 heterocycles. The summed E-state index contributed by atoms with van der Waals surface area (Å²) in [6, 6.07) is 8.33. The van der Waals surface area contributed by atoms with E-state index < -0.39 is 0 Å². The number of halogens is 1. The molecule has 0 bridgehead atoms. The van der Waals surface area contributed by atoms with Crippen LogP contribution in [0.4, 0.5) is 0 Å². The fourth-order valence-electron chi connectivity index (χ4n) is 4.09. The zero-order valence-electron chi connectivity index (χ0n) is 14.7. The van der Waals surface area contributed by atoms with Crippen molar-refractivity contribution in [3.05, 3.63) is 41.2 Å². The zero-order valence-corrected chi connectivity index (χ0v) is 15.4. The van der Waals surface area contributed by atoms with E-state index in [2.05, 4.69) is 14.8 Å². The van der Waals surface area contributed by atoms with Crippen LogP contribution in [0.25, 0.3) is 11.5 Å². The number of likely N-dealkylation sites (tertiary alicyclic amines) is 2. The first-order valence-electron chi connectivity index (χ1n) is 9.45. The molecule has 1 aromatic heterocycles. The molecule has 2 fully saturated rings. The van der Waals surface area contributed by atoms with Crippen molar-refractivity contribution in [2.75, 3.05) is 26.2 Å². The van der Waals surface area contributed by atoms with E-state index in [0.29, 0.717) is 17.0 Å². The van der Waals surface area contributed by atoms with Crippen LogP contribution < -0.4 is 0 Å². The molecule has 0 amide bonds. The third kappa shape index (κ3) is 4.25. The van der Waals surface area contributed by atoms with Gasteiger partial charge in [0.2, 0.25) is 5.89 Å². The number of piperidine rings is 1.